The van der Waals surface area contributed by atoms with Crippen molar-refractivity contribution >= 4 is 17.7 Å². The fourth-order valence-electron chi connectivity index (χ4n) is 2.33. The minimum atomic E-state index is -1.01. The van der Waals surface area contributed by atoms with Crippen molar-refractivity contribution in [3.63, 3.8) is 0 Å². The molecule has 2 heterocycles. The number of nitrogens with one attached hydrogen (secondary N) is 1. The van der Waals surface area contributed by atoms with E-state index in [1.54, 1.807) is 0 Å². The maximum atomic E-state index is 12.3. The highest BCUT2D eigenvalue weighted by atomic mass is 16.5. The Morgan fingerprint density at radius 3 is 2.95 bits per heavy atom. The number of rotatable bonds is 4. The van der Waals surface area contributed by atoms with Crippen molar-refractivity contribution in [3.8, 4) is 0 Å². The largest absolute Gasteiger partial charge is 0.478 e. The molecule has 1 saturated carbocycles. The quantitative estimate of drug-likeness (QED) is 0.827. The Kier molecular flexibility index (Phi) is 3.74. The van der Waals surface area contributed by atoms with E-state index >= 15 is 0 Å². The van der Waals surface area contributed by atoms with Gasteiger partial charge in [0.05, 0.1) is 18.8 Å². The number of morpholine rings is 1. The Morgan fingerprint density at radius 2 is 2.24 bits per heavy atom. The van der Waals surface area contributed by atoms with Gasteiger partial charge in [-0.15, -0.1) is 0 Å². The molecule has 1 saturated heterocycles. The SMILES string of the molecule is O=C(O)c1ccnc(N2CCOCC2C(=O)NC2CC2)c1. The Labute approximate surface area is 121 Å². The minimum Gasteiger partial charge on any atom is -0.478 e. The van der Waals surface area contributed by atoms with Crippen LogP contribution in [0.1, 0.15) is 23.2 Å². The van der Waals surface area contributed by atoms with Crippen LogP contribution in [-0.2, 0) is 9.53 Å². The van der Waals surface area contributed by atoms with Crippen LogP contribution in [-0.4, -0.2) is 53.8 Å². The molecule has 1 unspecified atom stereocenters. The zero-order valence-corrected chi connectivity index (χ0v) is 11.5. The van der Waals surface area contributed by atoms with E-state index in [2.05, 4.69) is 10.3 Å². The summed E-state index contributed by atoms with van der Waals surface area (Å²) < 4.78 is 5.39. The third-order valence-corrected chi connectivity index (χ3v) is 3.64. The summed E-state index contributed by atoms with van der Waals surface area (Å²) in [5.41, 5.74) is 0.160. The first kappa shape index (κ1) is 13.8. The molecular weight excluding hydrogens is 274 g/mol. The van der Waals surface area contributed by atoms with Crippen LogP contribution in [0, 0.1) is 0 Å². The standard InChI is InChI=1S/C14H17N3O4/c18-13(16-10-1-2-10)11-8-21-6-5-17(11)12-7-9(14(19)20)3-4-15-12/h3-4,7,10-11H,1-2,5-6,8H2,(H,16,18)(H,19,20). The van der Waals surface area contributed by atoms with E-state index < -0.39 is 12.0 Å². The molecule has 0 bridgehead atoms. The van der Waals surface area contributed by atoms with Crippen LogP contribution >= 0.6 is 0 Å². The van der Waals surface area contributed by atoms with Gasteiger partial charge in [0.15, 0.2) is 0 Å². The fourth-order valence-corrected chi connectivity index (χ4v) is 2.33. The molecule has 1 aliphatic heterocycles. The average molecular weight is 291 g/mol. The number of nitrogens with zero attached hydrogens (tertiary/aromatic N) is 2. The van der Waals surface area contributed by atoms with Gasteiger partial charge in [0.1, 0.15) is 11.9 Å². The van der Waals surface area contributed by atoms with Gasteiger partial charge in [0.2, 0.25) is 5.91 Å². The molecule has 1 atom stereocenters. The number of carboxylic acids is 1. The predicted octanol–water partition coefficient (Wildman–Crippen LogP) is 0.264. The number of carboxylic acid groups (broad SMARTS) is 1. The van der Waals surface area contributed by atoms with Crippen molar-refractivity contribution in [2.75, 3.05) is 24.7 Å². The molecule has 0 spiro atoms. The molecule has 112 valence electrons. The van der Waals surface area contributed by atoms with Gasteiger partial charge in [-0.2, -0.15) is 0 Å². The molecule has 0 radical (unpaired) electrons. The molecule has 0 aromatic carbocycles. The molecule has 1 aliphatic carbocycles. The summed E-state index contributed by atoms with van der Waals surface area (Å²) in [5.74, 6) is -0.597. The second-order valence-electron chi connectivity index (χ2n) is 5.27. The number of amides is 1. The summed E-state index contributed by atoms with van der Waals surface area (Å²) in [7, 11) is 0. The van der Waals surface area contributed by atoms with Crippen molar-refractivity contribution in [1.29, 1.82) is 0 Å². The highest BCUT2D eigenvalue weighted by Crippen LogP contribution is 2.22. The van der Waals surface area contributed by atoms with Crippen LogP contribution in [0.25, 0.3) is 0 Å². The van der Waals surface area contributed by atoms with Crippen LogP contribution in [0.4, 0.5) is 5.82 Å². The molecule has 7 heteroatoms. The fraction of sp³-hybridized carbons (Fsp3) is 0.500. The number of pyridine rings is 1. The van der Waals surface area contributed by atoms with Gasteiger partial charge >= 0.3 is 5.97 Å². The van der Waals surface area contributed by atoms with Crippen molar-refractivity contribution in [2.45, 2.75) is 24.9 Å². The van der Waals surface area contributed by atoms with E-state index in [1.165, 1.54) is 18.3 Å². The van der Waals surface area contributed by atoms with E-state index in [4.69, 9.17) is 9.84 Å². The second kappa shape index (κ2) is 5.69. The lowest BCUT2D eigenvalue weighted by Gasteiger charge is -2.35. The normalized spacial score (nSPS) is 21.9. The number of carbonyl (C=O) groups excluding carboxylic acids is 1. The van der Waals surface area contributed by atoms with E-state index in [0.29, 0.717) is 19.0 Å². The zero-order valence-electron chi connectivity index (χ0n) is 11.5. The highest BCUT2D eigenvalue weighted by molar-refractivity contribution is 5.89. The molecule has 1 aromatic rings. The molecular formula is C14H17N3O4. The zero-order chi connectivity index (χ0) is 14.8. The molecule has 7 nitrogen and oxygen atoms in total. The summed E-state index contributed by atoms with van der Waals surface area (Å²) >= 11 is 0. The van der Waals surface area contributed by atoms with Crippen molar-refractivity contribution in [1.82, 2.24) is 10.3 Å². The van der Waals surface area contributed by atoms with Crippen molar-refractivity contribution in [2.24, 2.45) is 0 Å². The number of anilines is 1. The molecule has 21 heavy (non-hydrogen) atoms. The average Bonchev–Trinajstić information content (AvgIpc) is 3.31. The molecule has 2 fully saturated rings. The van der Waals surface area contributed by atoms with Crippen LogP contribution in [0.5, 0.6) is 0 Å². The highest BCUT2D eigenvalue weighted by Gasteiger charge is 2.34. The third kappa shape index (κ3) is 3.13. The van der Waals surface area contributed by atoms with Gasteiger partial charge in [0.25, 0.3) is 0 Å². The first-order chi connectivity index (χ1) is 10.1. The maximum Gasteiger partial charge on any atom is 0.335 e. The lowest BCUT2D eigenvalue weighted by molar-refractivity contribution is -0.124. The van der Waals surface area contributed by atoms with E-state index in [0.717, 1.165) is 12.8 Å². The van der Waals surface area contributed by atoms with E-state index in [-0.39, 0.29) is 24.1 Å². The van der Waals surface area contributed by atoms with Gasteiger partial charge in [0, 0.05) is 18.8 Å². The van der Waals surface area contributed by atoms with Crippen molar-refractivity contribution < 1.29 is 19.4 Å². The lowest BCUT2D eigenvalue weighted by Crippen LogP contribution is -2.54. The molecule has 1 amide bonds. The Hall–Kier alpha value is -2.15. The molecule has 1 aromatic heterocycles. The topological polar surface area (TPSA) is 91.8 Å². The third-order valence-electron chi connectivity index (χ3n) is 3.64. The van der Waals surface area contributed by atoms with Gasteiger partial charge < -0.3 is 20.1 Å². The van der Waals surface area contributed by atoms with Gasteiger partial charge in [-0.1, -0.05) is 0 Å². The van der Waals surface area contributed by atoms with Gasteiger partial charge in [-0.25, -0.2) is 9.78 Å². The number of aromatic carboxylic acids is 1. The minimum absolute atomic E-state index is 0.0836. The predicted molar refractivity (Wildman–Crippen MR) is 74.3 cm³/mol. The summed E-state index contributed by atoms with van der Waals surface area (Å²) in [5, 5.41) is 12.0. The summed E-state index contributed by atoms with van der Waals surface area (Å²) in [4.78, 5) is 29.3. The molecule has 2 N–H and O–H groups in total. The number of carbonyl (C=O) groups is 2. The molecule has 2 aliphatic rings. The smallest absolute Gasteiger partial charge is 0.335 e. The van der Waals surface area contributed by atoms with Crippen LogP contribution in [0.2, 0.25) is 0 Å². The Bertz CT molecular complexity index is 559. The number of hydrogen-bond acceptors (Lipinski definition) is 5. The maximum absolute atomic E-state index is 12.3. The number of hydrogen-bond donors (Lipinski definition) is 2. The van der Waals surface area contributed by atoms with E-state index in [1.807, 2.05) is 4.90 Å². The van der Waals surface area contributed by atoms with Gasteiger partial charge in [-0.05, 0) is 25.0 Å². The lowest BCUT2D eigenvalue weighted by atomic mass is 10.2. The monoisotopic (exact) mass is 291 g/mol. The van der Waals surface area contributed by atoms with Gasteiger partial charge in [-0.3, -0.25) is 4.79 Å². The summed E-state index contributed by atoms with van der Waals surface area (Å²) in [6.07, 6.45) is 3.49. The van der Waals surface area contributed by atoms with E-state index in [9.17, 15) is 9.59 Å². The number of aromatic nitrogens is 1. The van der Waals surface area contributed by atoms with Crippen LogP contribution < -0.4 is 10.2 Å². The Morgan fingerprint density at radius 1 is 1.43 bits per heavy atom. The summed E-state index contributed by atoms with van der Waals surface area (Å²) in [6, 6.07) is 2.74. The van der Waals surface area contributed by atoms with Crippen molar-refractivity contribution in [3.05, 3.63) is 23.9 Å². The second-order valence-corrected chi connectivity index (χ2v) is 5.27. The summed E-state index contributed by atoms with van der Waals surface area (Å²) in [6.45, 7) is 1.29. The number of ether oxygens (including phenoxy) is 1. The molecule has 3 rings (SSSR count). The first-order valence-corrected chi connectivity index (χ1v) is 6.99. The Balaban J connectivity index is 1.81. The van der Waals surface area contributed by atoms with Crippen LogP contribution in [0.3, 0.4) is 0 Å². The first-order valence-electron chi connectivity index (χ1n) is 6.99. The van der Waals surface area contributed by atoms with Crippen LogP contribution in [0.15, 0.2) is 18.3 Å².